The van der Waals surface area contributed by atoms with Crippen LogP contribution in [0.2, 0.25) is 0 Å². The second-order valence-electron chi connectivity index (χ2n) is 9.19. The molecule has 11 heteroatoms. The van der Waals surface area contributed by atoms with Crippen molar-refractivity contribution in [2.45, 2.75) is 43.8 Å². The summed E-state index contributed by atoms with van der Waals surface area (Å²) < 4.78 is 37.6. The van der Waals surface area contributed by atoms with Crippen molar-refractivity contribution < 1.29 is 17.9 Å². The summed E-state index contributed by atoms with van der Waals surface area (Å²) in [7, 11) is -3.99. The predicted molar refractivity (Wildman–Crippen MR) is 136 cm³/mol. The summed E-state index contributed by atoms with van der Waals surface area (Å²) >= 11 is 0. The molecule has 0 spiro atoms. The zero-order valence-electron chi connectivity index (χ0n) is 20.3. The fourth-order valence-electron chi connectivity index (χ4n) is 4.29. The summed E-state index contributed by atoms with van der Waals surface area (Å²) in [5.41, 5.74) is 2.61. The molecule has 1 aromatic heterocycles. The van der Waals surface area contributed by atoms with Crippen molar-refractivity contribution in [3.63, 3.8) is 0 Å². The van der Waals surface area contributed by atoms with Crippen LogP contribution in [-0.4, -0.2) is 60.1 Å². The molecule has 192 valence electrons. The number of phenolic OH excluding ortho intramolecular Hbond substituents is 1. The summed E-state index contributed by atoms with van der Waals surface area (Å²) in [6.07, 6.45) is 2.04. The van der Waals surface area contributed by atoms with Crippen LogP contribution in [0.3, 0.4) is 0 Å². The quantitative estimate of drug-likeness (QED) is 0.360. The summed E-state index contributed by atoms with van der Waals surface area (Å²) in [6.45, 7) is 7.34. The predicted octanol–water partition coefficient (Wildman–Crippen LogP) is 2.47. The van der Waals surface area contributed by atoms with Gasteiger partial charge in [-0.2, -0.15) is 0 Å². The molecular formula is C25H31FN6O3S. The molecule has 2 heterocycles. The van der Waals surface area contributed by atoms with Crippen LogP contribution in [0.1, 0.15) is 25.0 Å². The molecule has 2 aromatic carbocycles. The van der Waals surface area contributed by atoms with Gasteiger partial charge >= 0.3 is 0 Å². The number of anilines is 1. The van der Waals surface area contributed by atoms with E-state index in [1.54, 1.807) is 18.3 Å². The monoisotopic (exact) mass is 514 g/mol. The van der Waals surface area contributed by atoms with E-state index in [2.05, 4.69) is 39.3 Å². The Hall–Kier alpha value is -3.12. The molecule has 0 radical (unpaired) electrons. The highest BCUT2D eigenvalue weighted by atomic mass is 32.2. The van der Waals surface area contributed by atoms with Crippen molar-refractivity contribution in [1.29, 1.82) is 0 Å². The first-order valence-electron chi connectivity index (χ1n) is 11.8. The van der Waals surface area contributed by atoms with Gasteiger partial charge in [0.25, 0.3) is 0 Å². The highest BCUT2D eigenvalue weighted by Crippen LogP contribution is 2.25. The largest absolute Gasteiger partial charge is 0.507 e. The van der Waals surface area contributed by atoms with E-state index in [1.165, 1.54) is 18.2 Å². The molecule has 1 aliphatic heterocycles. The van der Waals surface area contributed by atoms with Crippen LogP contribution >= 0.6 is 0 Å². The van der Waals surface area contributed by atoms with Crippen LogP contribution in [-0.2, 0) is 23.0 Å². The highest BCUT2D eigenvalue weighted by molar-refractivity contribution is 7.89. The normalized spacial score (nSPS) is 18.8. The summed E-state index contributed by atoms with van der Waals surface area (Å²) in [4.78, 5) is 10.8. The smallest absolute Gasteiger partial charge is 0.241 e. The second-order valence-corrected chi connectivity index (χ2v) is 10.7. The SMILES string of the molecule is C[C@H]1CN(Cc2ccc(F)c(-c3ccnc(NCCc4ccc(S(N)(=O)=O)c(O)c4)n3)c2)[C@@H](C)CN1. The van der Waals surface area contributed by atoms with Gasteiger partial charge < -0.3 is 15.7 Å². The Morgan fingerprint density at radius 1 is 1.19 bits per heavy atom. The Morgan fingerprint density at radius 2 is 1.97 bits per heavy atom. The molecule has 1 saturated heterocycles. The van der Waals surface area contributed by atoms with Gasteiger partial charge in [-0.25, -0.2) is 27.9 Å². The van der Waals surface area contributed by atoms with Crippen LogP contribution in [0.25, 0.3) is 11.3 Å². The molecule has 1 aliphatic rings. The number of hydrogen-bond acceptors (Lipinski definition) is 8. The van der Waals surface area contributed by atoms with Crippen LogP contribution in [0.4, 0.5) is 10.3 Å². The van der Waals surface area contributed by atoms with Crippen molar-refractivity contribution in [3.05, 3.63) is 65.6 Å². The first-order valence-corrected chi connectivity index (χ1v) is 13.3. The Kier molecular flexibility index (Phi) is 7.84. The van der Waals surface area contributed by atoms with Gasteiger partial charge in [0.1, 0.15) is 16.5 Å². The van der Waals surface area contributed by atoms with Gasteiger partial charge in [-0.3, -0.25) is 4.90 Å². The summed E-state index contributed by atoms with van der Waals surface area (Å²) in [6, 6.07) is 11.8. The average molecular weight is 515 g/mol. The summed E-state index contributed by atoms with van der Waals surface area (Å²) in [5, 5.41) is 21.6. The number of halogens is 1. The van der Waals surface area contributed by atoms with E-state index in [0.717, 1.165) is 25.2 Å². The number of aromatic nitrogens is 2. The van der Waals surface area contributed by atoms with Crippen LogP contribution in [0, 0.1) is 5.82 Å². The third-order valence-electron chi connectivity index (χ3n) is 6.27. The number of benzene rings is 2. The number of primary sulfonamides is 1. The van der Waals surface area contributed by atoms with Crippen LogP contribution in [0.5, 0.6) is 5.75 Å². The van der Waals surface area contributed by atoms with Crippen molar-refractivity contribution in [2.75, 3.05) is 25.0 Å². The molecule has 1 fully saturated rings. The van der Waals surface area contributed by atoms with Gasteiger partial charge in [0.15, 0.2) is 0 Å². The lowest BCUT2D eigenvalue weighted by Gasteiger charge is -2.37. The van der Waals surface area contributed by atoms with Crippen molar-refractivity contribution >= 4 is 16.0 Å². The van der Waals surface area contributed by atoms with Crippen molar-refractivity contribution in [1.82, 2.24) is 20.2 Å². The molecule has 0 amide bonds. The molecule has 9 nitrogen and oxygen atoms in total. The van der Waals surface area contributed by atoms with E-state index in [9.17, 15) is 17.9 Å². The molecular weight excluding hydrogens is 483 g/mol. The number of rotatable bonds is 8. The summed E-state index contributed by atoms with van der Waals surface area (Å²) in [5.74, 6) is -0.406. The second kappa shape index (κ2) is 10.9. The van der Waals surface area contributed by atoms with E-state index >= 15 is 0 Å². The molecule has 2 atom stereocenters. The fourth-order valence-corrected chi connectivity index (χ4v) is 4.90. The van der Waals surface area contributed by atoms with Crippen LogP contribution in [0.15, 0.2) is 53.6 Å². The minimum Gasteiger partial charge on any atom is -0.507 e. The first kappa shape index (κ1) is 26.0. The third-order valence-corrected chi connectivity index (χ3v) is 7.23. The van der Waals surface area contributed by atoms with E-state index < -0.39 is 15.8 Å². The number of nitrogens with one attached hydrogen (secondary N) is 2. The molecule has 3 aromatic rings. The van der Waals surface area contributed by atoms with Gasteiger partial charge in [0.2, 0.25) is 16.0 Å². The number of piperazine rings is 1. The average Bonchev–Trinajstić information content (AvgIpc) is 2.82. The maximum absolute atomic E-state index is 14.8. The Labute approximate surface area is 210 Å². The number of phenols is 1. The minimum absolute atomic E-state index is 0.319. The van der Waals surface area contributed by atoms with Gasteiger partial charge in [0.05, 0.1) is 5.69 Å². The van der Waals surface area contributed by atoms with Crippen molar-refractivity contribution in [2.24, 2.45) is 5.14 Å². The molecule has 36 heavy (non-hydrogen) atoms. The topological polar surface area (TPSA) is 133 Å². The molecule has 0 saturated carbocycles. The van der Waals surface area contributed by atoms with E-state index in [4.69, 9.17) is 5.14 Å². The Morgan fingerprint density at radius 3 is 2.72 bits per heavy atom. The lowest BCUT2D eigenvalue weighted by molar-refractivity contribution is 0.139. The van der Waals surface area contributed by atoms with E-state index in [-0.39, 0.29) is 10.7 Å². The Balaban J connectivity index is 1.43. The minimum atomic E-state index is -3.99. The maximum atomic E-state index is 14.8. The molecule has 5 N–H and O–H groups in total. The van der Waals surface area contributed by atoms with E-state index in [1.807, 2.05) is 12.1 Å². The molecule has 0 unspecified atom stereocenters. The number of hydrogen-bond donors (Lipinski definition) is 4. The molecule has 0 aliphatic carbocycles. The Bertz CT molecular complexity index is 1340. The number of nitrogens with zero attached hydrogens (tertiary/aromatic N) is 3. The fraction of sp³-hybridized carbons (Fsp3) is 0.360. The van der Waals surface area contributed by atoms with Crippen molar-refractivity contribution in [3.8, 4) is 17.0 Å². The maximum Gasteiger partial charge on any atom is 0.241 e. The van der Waals surface area contributed by atoms with E-state index in [0.29, 0.717) is 47.8 Å². The van der Waals surface area contributed by atoms with Gasteiger partial charge in [-0.1, -0.05) is 12.1 Å². The number of sulfonamides is 1. The lowest BCUT2D eigenvalue weighted by atomic mass is 10.0. The molecule has 0 bridgehead atoms. The van der Waals surface area contributed by atoms with Crippen LogP contribution < -0.4 is 15.8 Å². The zero-order chi connectivity index (χ0) is 25.9. The standard InChI is InChI=1S/C25H31FN6O3S/c1-16-14-32(17(2)13-30-16)15-19-3-5-21(26)20(11-19)22-8-10-29-25(31-22)28-9-7-18-4-6-24(23(33)12-18)36(27,34)35/h3-6,8,10-12,16-17,30,33H,7,9,13-15H2,1-2H3,(H2,27,34,35)(H,28,29,31)/t16-,17-/m0/s1. The third kappa shape index (κ3) is 6.35. The van der Waals surface area contributed by atoms with Gasteiger partial charge in [-0.05, 0) is 61.7 Å². The number of nitrogens with two attached hydrogens (primary N) is 1. The number of aromatic hydroxyl groups is 1. The molecule has 4 rings (SSSR count). The van der Waals surface area contributed by atoms with Gasteiger partial charge in [-0.15, -0.1) is 0 Å². The lowest BCUT2D eigenvalue weighted by Crippen LogP contribution is -2.53. The highest BCUT2D eigenvalue weighted by Gasteiger charge is 2.22. The first-order chi connectivity index (χ1) is 17.1. The van der Waals surface area contributed by atoms with Gasteiger partial charge in [0, 0.05) is 50.0 Å². The zero-order valence-corrected chi connectivity index (χ0v) is 21.1.